The summed E-state index contributed by atoms with van der Waals surface area (Å²) in [6.45, 7) is 3.70. The lowest BCUT2D eigenvalue weighted by atomic mass is 9.85. The number of benzene rings is 3. The molecule has 168 valence electrons. The van der Waals surface area contributed by atoms with Gasteiger partial charge >= 0.3 is 0 Å². The quantitative estimate of drug-likeness (QED) is 0.483. The molecule has 1 heterocycles. The van der Waals surface area contributed by atoms with Crippen LogP contribution >= 0.6 is 0 Å². The fourth-order valence-corrected chi connectivity index (χ4v) is 5.01. The number of fused-ring (bicyclic) bond motifs is 1. The van der Waals surface area contributed by atoms with E-state index in [1.807, 2.05) is 42.7 Å². The second-order valence-electron chi connectivity index (χ2n) is 9.00. The lowest BCUT2D eigenvalue weighted by Gasteiger charge is -2.39. The third-order valence-electron chi connectivity index (χ3n) is 6.88. The van der Waals surface area contributed by atoms with Crippen LogP contribution in [0.4, 0.5) is 0 Å². The third kappa shape index (κ3) is 4.30. The Kier molecular flexibility index (Phi) is 5.99. The van der Waals surface area contributed by atoms with E-state index in [0.29, 0.717) is 6.42 Å². The number of ether oxygens (including phenoxy) is 1. The van der Waals surface area contributed by atoms with Gasteiger partial charge in [0.05, 0.1) is 12.9 Å². The maximum absolute atomic E-state index is 12.7. The SMILES string of the molecule is C[C@](Oc1ccc2c(c1CCc1ccccc1)CCCC2=O)(c1ccccc1)N1C=NCC1. The fraction of sp³-hybridized carbons (Fsp3) is 0.310. The number of hydrogen-bond acceptors (Lipinski definition) is 4. The Balaban J connectivity index is 1.56. The van der Waals surface area contributed by atoms with E-state index in [4.69, 9.17) is 4.74 Å². The van der Waals surface area contributed by atoms with Crippen molar-refractivity contribution >= 4 is 12.1 Å². The monoisotopic (exact) mass is 438 g/mol. The molecule has 1 aliphatic carbocycles. The van der Waals surface area contributed by atoms with Gasteiger partial charge in [0.1, 0.15) is 5.75 Å². The van der Waals surface area contributed by atoms with E-state index < -0.39 is 5.72 Å². The van der Waals surface area contributed by atoms with Gasteiger partial charge in [-0.05, 0) is 61.4 Å². The molecule has 4 nitrogen and oxygen atoms in total. The number of aliphatic imine (C=N–C) groups is 1. The minimum Gasteiger partial charge on any atom is -0.464 e. The van der Waals surface area contributed by atoms with E-state index in [-0.39, 0.29) is 5.78 Å². The zero-order valence-corrected chi connectivity index (χ0v) is 19.2. The third-order valence-corrected chi connectivity index (χ3v) is 6.88. The number of aryl methyl sites for hydroxylation is 1. The molecule has 1 aliphatic heterocycles. The lowest BCUT2D eigenvalue weighted by Crippen LogP contribution is -2.47. The standard InChI is InChI=1S/C29H30N2O2/c1-29(31-20-19-30-21-31,23-11-6-3-7-12-23)33-28-18-17-25-24(13-8-14-27(25)32)26(28)16-15-22-9-4-2-5-10-22/h2-7,9-12,17-18,21H,8,13-16,19-20H2,1H3/t29-/m0/s1. The van der Waals surface area contributed by atoms with Crippen molar-refractivity contribution in [2.24, 2.45) is 4.99 Å². The molecule has 0 unspecified atom stereocenters. The number of hydrogen-bond donors (Lipinski definition) is 0. The first-order valence-corrected chi connectivity index (χ1v) is 11.9. The molecule has 4 heteroatoms. The van der Waals surface area contributed by atoms with E-state index in [9.17, 15) is 4.79 Å². The van der Waals surface area contributed by atoms with Crippen LogP contribution in [0.15, 0.2) is 77.8 Å². The van der Waals surface area contributed by atoms with Crippen LogP contribution in [0.1, 0.15) is 52.4 Å². The van der Waals surface area contributed by atoms with Crippen LogP contribution in [0.25, 0.3) is 0 Å². The molecule has 1 atom stereocenters. The molecule has 0 fully saturated rings. The van der Waals surface area contributed by atoms with Crippen molar-refractivity contribution < 1.29 is 9.53 Å². The first-order valence-electron chi connectivity index (χ1n) is 11.9. The van der Waals surface area contributed by atoms with Gasteiger partial charge in [-0.25, -0.2) is 0 Å². The van der Waals surface area contributed by atoms with Crippen LogP contribution in [0.5, 0.6) is 5.75 Å². The number of ketones is 1. The number of Topliss-reactive ketones (excluding diaryl/α,β-unsaturated/α-hetero) is 1. The van der Waals surface area contributed by atoms with Crippen molar-refractivity contribution in [2.45, 2.75) is 44.8 Å². The Hall–Kier alpha value is -3.40. The van der Waals surface area contributed by atoms with Gasteiger partial charge in [0.2, 0.25) is 5.72 Å². The van der Waals surface area contributed by atoms with Gasteiger partial charge in [-0.15, -0.1) is 0 Å². The highest BCUT2D eigenvalue weighted by Crippen LogP contribution is 2.38. The smallest absolute Gasteiger partial charge is 0.207 e. The van der Waals surface area contributed by atoms with Crippen LogP contribution in [-0.2, 0) is 25.0 Å². The average molecular weight is 439 g/mol. The summed E-state index contributed by atoms with van der Waals surface area (Å²) in [7, 11) is 0. The zero-order chi connectivity index (χ0) is 22.7. The normalized spacial score (nSPS) is 17.0. The molecule has 0 radical (unpaired) electrons. The Morgan fingerprint density at radius 3 is 2.42 bits per heavy atom. The first kappa shape index (κ1) is 21.4. The van der Waals surface area contributed by atoms with Gasteiger partial charge in [0.15, 0.2) is 5.78 Å². The first-order chi connectivity index (χ1) is 16.1. The highest BCUT2D eigenvalue weighted by molar-refractivity contribution is 5.99. The van der Waals surface area contributed by atoms with Crippen molar-refractivity contribution in [3.8, 4) is 5.75 Å². The second kappa shape index (κ2) is 9.22. The van der Waals surface area contributed by atoms with Crippen LogP contribution in [0, 0.1) is 0 Å². The van der Waals surface area contributed by atoms with Gasteiger partial charge in [-0.2, -0.15) is 0 Å². The van der Waals surface area contributed by atoms with E-state index >= 15 is 0 Å². The van der Waals surface area contributed by atoms with Crippen molar-refractivity contribution in [3.63, 3.8) is 0 Å². The van der Waals surface area contributed by atoms with Crippen molar-refractivity contribution in [1.82, 2.24) is 4.90 Å². The molecule has 0 aromatic heterocycles. The van der Waals surface area contributed by atoms with Gasteiger partial charge in [0.25, 0.3) is 0 Å². The summed E-state index contributed by atoms with van der Waals surface area (Å²) in [4.78, 5) is 19.3. The summed E-state index contributed by atoms with van der Waals surface area (Å²) in [6.07, 6.45) is 6.12. The molecule has 0 saturated heterocycles. The van der Waals surface area contributed by atoms with Crippen LogP contribution < -0.4 is 4.74 Å². The minimum atomic E-state index is -0.685. The summed E-state index contributed by atoms with van der Waals surface area (Å²) in [5, 5.41) is 0. The van der Waals surface area contributed by atoms with E-state index in [0.717, 1.165) is 55.6 Å². The Bertz CT molecular complexity index is 1160. The highest BCUT2D eigenvalue weighted by atomic mass is 16.5. The number of carbonyl (C=O) groups is 1. The van der Waals surface area contributed by atoms with Crippen molar-refractivity contribution in [3.05, 3.63) is 101 Å². The van der Waals surface area contributed by atoms with E-state index in [1.165, 1.54) is 16.7 Å². The van der Waals surface area contributed by atoms with Crippen molar-refractivity contribution in [2.75, 3.05) is 13.1 Å². The van der Waals surface area contributed by atoms with Crippen LogP contribution in [0.3, 0.4) is 0 Å². The summed E-state index contributed by atoms with van der Waals surface area (Å²) in [5.41, 5.74) is 4.91. The molecular formula is C29H30N2O2. The molecule has 0 N–H and O–H groups in total. The average Bonchev–Trinajstić information content (AvgIpc) is 3.40. The van der Waals surface area contributed by atoms with Gasteiger partial charge in [-0.1, -0.05) is 60.7 Å². The molecule has 2 aliphatic rings. The maximum atomic E-state index is 12.7. The molecule has 0 amide bonds. The number of rotatable bonds is 7. The van der Waals surface area contributed by atoms with Gasteiger partial charge in [0, 0.05) is 24.1 Å². The van der Waals surface area contributed by atoms with E-state index in [1.54, 1.807) is 0 Å². The fourth-order valence-electron chi connectivity index (χ4n) is 5.01. The summed E-state index contributed by atoms with van der Waals surface area (Å²) in [6, 6.07) is 24.9. The van der Waals surface area contributed by atoms with Crippen LogP contribution in [0.2, 0.25) is 0 Å². The van der Waals surface area contributed by atoms with Gasteiger partial charge < -0.3 is 9.64 Å². The van der Waals surface area contributed by atoms with E-state index in [2.05, 4.69) is 53.2 Å². The topological polar surface area (TPSA) is 41.9 Å². The highest BCUT2D eigenvalue weighted by Gasteiger charge is 2.37. The predicted octanol–water partition coefficient (Wildman–Crippen LogP) is 5.59. The molecule has 0 saturated carbocycles. The molecular weight excluding hydrogens is 408 g/mol. The summed E-state index contributed by atoms with van der Waals surface area (Å²) < 4.78 is 6.92. The van der Waals surface area contributed by atoms with Crippen LogP contribution in [-0.4, -0.2) is 30.1 Å². The number of carbonyl (C=O) groups excluding carboxylic acids is 1. The Morgan fingerprint density at radius 1 is 0.939 bits per heavy atom. The zero-order valence-electron chi connectivity index (χ0n) is 19.2. The predicted molar refractivity (Wildman–Crippen MR) is 132 cm³/mol. The molecule has 5 rings (SSSR count). The summed E-state index contributed by atoms with van der Waals surface area (Å²) in [5.74, 6) is 1.12. The maximum Gasteiger partial charge on any atom is 0.207 e. The molecule has 33 heavy (non-hydrogen) atoms. The van der Waals surface area contributed by atoms with Crippen molar-refractivity contribution in [1.29, 1.82) is 0 Å². The largest absolute Gasteiger partial charge is 0.464 e. The Morgan fingerprint density at radius 2 is 1.70 bits per heavy atom. The summed E-state index contributed by atoms with van der Waals surface area (Å²) >= 11 is 0. The van der Waals surface area contributed by atoms with Gasteiger partial charge in [-0.3, -0.25) is 9.79 Å². The molecule has 3 aromatic rings. The molecule has 0 bridgehead atoms. The minimum absolute atomic E-state index is 0.251. The second-order valence-corrected chi connectivity index (χ2v) is 9.00. The lowest BCUT2D eigenvalue weighted by molar-refractivity contribution is -0.0259. The Labute approximate surface area is 195 Å². The molecule has 3 aromatic carbocycles. The molecule has 0 spiro atoms. The number of nitrogens with zero attached hydrogens (tertiary/aromatic N) is 2.